The first-order valence-corrected chi connectivity index (χ1v) is 11.0. The number of nitrogens with two attached hydrogens (primary N) is 1. The molecule has 0 heterocycles. The van der Waals surface area contributed by atoms with E-state index in [0.29, 0.717) is 40.1 Å². The Morgan fingerprint density at radius 1 is 0.722 bits per heavy atom. The highest BCUT2D eigenvalue weighted by molar-refractivity contribution is 6.04. The number of methoxy groups -OCH3 is 5. The third-order valence-corrected chi connectivity index (χ3v) is 5.35. The first kappa shape index (κ1) is 26.0. The quantitative estimate of drug-likeness (QED) is 0.231. The minimum atomic E-state index is -0.322. The highest BCUT2D eigenvalue weighted by Gasteiger charge is 2.13. The van der Waals surface area contributed by atoms with E-state index >= 15 is 0 Å². The summed E-state index contributed by atoms with van der Waals surface area (Å²) in [6.45, 7) is 0. The van der Waals surface area contributed by atoms with Crippen LogP contribution >= 0.6 is 0 Å². The van der Waals surface area contributed by atoms with Gasteiger partial charge in [0.2, 0.25) is 11.7 Å². The van der Waals surface area contributed by atoms with Crippen LogP contribution in [0, 0.1) is 0 Å². The molecular weight excluding hydrogens is 460 g/mol. The van der Waals surface area contributed by atoms with Crippen molar-refractivity contribution in [3.63, 3.8) is 0 Å². The summed E-state index contributed by atoms with van der Waals surface area (Å²) in [7, 11) is 7.77. The van der Waals surface area contributed by atoms with Gasteiger partial charge in [0.05, 0.1) is 46.9 Å². The Labute approximate surface area is 210 Å². The molecule has 0 spiro atoms. The number of amides is 1. The van der Waals surface area contributed by atoms with E-state index in [2.05, 4.69) is 5.32 Å². The van der Waals surface area contributed by atoms with Crippen LogP contribution in [-0.4, -0.2) is 41.5 Å². The SMILES string of the molecule is COc1cc(/C=C/C(=O)Nc2c(C=Cc3cc(OC)c(OC)c(OC)c3)cccc2OC)ccc1N. The van der Waals surface area contributed by atoms with Crippen molar-refractivity contribution in [2.24, 2.45) is 0 Å². The van der Waals surface area contributed by atoms with Gasteiger partial charge in [0.15, 0.2) is 11.5 Å². The van der Waals surface area contributed by atoms with Gasteiger partial charge in [-0.25, -0.2) is 0 Å². The van der Waals surface area contributed by atoms with Gasteiger partial charge in [0, 0.05) is 11.6 Å². The molecule has 8 nitrogen and oxygen atoms in total. The third kappa shape index (κ3) is 6.09. The number of benzene rings is 3. The van der Waals surface area contributed by atoms with Crippen LogP contribution in [0.5, 0.6) is 28.7 Å². The normalized spacial score (nSPS) is 10.9. The van der Waals surface area contributed by atoms with Gasteiger partial charge in [0.1, 0.15) is 11.5 Å². The van der Waals surface area contributed by atoms with Gasteiger partial charge in [0.25, 0.3) is 0 Å². The number of hydrogen-bond acceptors (Lipinski definition) is 7. The molecule has 0 saturated heterocycles. The average Bonchev–Trinajstić information content (AvgIpc) is 2.91. The zero-order valence-electron chi connectivity index (χ0n) is 21.0. The smallest absolute Gasteiger partial charge is 0.248 e. The highest BCUT2D eigenvalue weighted by Crippen LogP contribution is 2.39. The standard InChI is InChI=1S/C28H30N2O6/c1-32-22-8-6-7-20(12-9-19-16-24(34-3)28(36-5)25(17-19)35-4)27(22)30-26(31)14-11-18-10-13-21(29)23(15-18)33-2/h6-17H,29H2,1-5H3,(H,30,31)/b12-9?,14-11+. The lowest BCUT2D eigenvalue weighted by Crippen LogP contribution is -2.10. The summed E-state index contributed by atoms with van der Waals surface area (Å²) in [5.74, 6) is 2.34. The molecule has 0 bridgehead atoms. The topological polar surface area (TPSA) is 101 Å². The molecule has 0 fully saturated rings. The maximum Gasteiger partial charge on any atom is 0.248 e. The lowest BCUT2D eigenvalue weighted by molar-refractivity contribution is -0.111. The molecule has 0 aliphatic rings. The van der Waals surface area contributed by atoms with Crippen LogP contribution in [0.25, 0.3) is 18.2 Å². The number of rotatable bonds is 10. The summed E-state index contributed by atoms with van der Waals surface area (Å²) in [5, 5.41) is 2.91. The first-order chi connectivity index (χ1) is 17.4. The van der Waals surface area contributed by atoms with Crippen LogP contribution in [0.15, 0.2) is 54.6 Å². The van der Waals surface area contributed by atoms with Gasteiger partial charge in [-0.3, -0.25) is 4.79 Å². The van der Waals surface area contributed by atoms with Crippen LogP contribution in [0.2, 0.25) is 0 Å². The molecule has 0 atom stereocenters. The molecule has 188 valence electrons. The van der Waals surface area contributed by atoms with Gasteiger partial charge in [-0.2, -0.15) is 0 Å². The number of carbonyl (C=O) groups excluding carboxylic acids is 1. The van der Waals surface area contributed by atoms with E-state index in [9.17, 15) is 4.79 Å². The fourth-order valence-corrected chi connectivity index (χ4v) is 3.54. The van der Waals surface area contributed by atoms with Gasteiger partial charge >= 0.3 is 0 Å². The molecule has 0 aromatic heterocycles. The van der Waals surface area contributed by atoms with Crippen molar-refractivity contribution in [3.05, 3.63) is 71.3 Å². The Bertz CT molecular complexity index is 1260. The molecule has 0 aliphatic heterocycles. The molecule has 3 rings (SSSR count). The molecule has 0 aliphatic carbocycles. The van der Waals surface area contributed by atoms with Crippen molar-refractivity contribution < 1.29 is 28.5 Å². The number of para-hydroxylation sites is 1. The van der Waals surface area contributed by atoms with Crippen molar-refractivity contribution in [3.8, 4) is 28.7 Å². The van der Waals surface area contributed by atoms with E-state index in [1.54, 1.807) is 65.9 Å². The lowest BCUT2D eigenvalue weighted by Gasteiger charge is -2.13. The van der Waals surface area contributed by atoms with Crippen LogP contribution in [0.4, 0.5) is 11.4 Å². The lowest BCUT2D eigenvalue weighted by atomic mass is 10.1. The van der Waals surface area contributed by atoms with E-state index in [-0.39, 0.29) is 5.91 Å². The fourth-order valence-electron chi connectivity index (χ4n) is 3.54. The van der Waals surface area contributed by atoms with Crippen molar-refractivity contribution in [1.29, 1.82) is 0 Å². The molecule has 36 heavy (non-hydrogen) atoms. The minimum absolute atomic E-state index is 0.322. The summed E-state index contributed by atoms with van der Waals surface area (Å²) in [6, 6.07) is 14.5. The monoisotopic (exact) mass is 490 g/mol. The average molecular weight is 491 g/mol. The highest BCUT2D eigenvalue weighted by atomic mass is 16.5. The molecule has 1 amide bonds. The zero-order valence-corrected chi connectivity index (χ0v) is 21.0. The number of nitrogens with one attached hydrogen (secondary N) is 1. The Morgan fingerprint density at radius 2 is 1.36 bits per heavy atom. The van der Waals surface area contributed by atoms with E-state index in [4.69, 9.17) is 29.4 Å². The Balaban J connectivity index is 1.88. The predicted octanol–water partition coefficient (Wildman–Crippen LogP) is 5.13. The van der Waals surface area contributed by atoms with Crippen LogP contribution in [0.1, 0.15) is 16.7 Å². The number of ether oxygens (including phenoxy) is 5. The molecule has 0 radical (unpaired) electrons. The van der Waals surface area contributed by atoms with E-state index in [1.165, 1.54) is 6.08 Å². The fraction of sp³-hybridized carbons (Fsp3) is 0.179. The number of anilines is 2. The van der Waals surface area contributed by atoms with Gasteiger partial charge in [-0.15, -0.1) is 0 Å². The summed E-state index contributed by atoms with van der Waals surface area (Å²) in [6.07, 6.45) is 6.86. The van der Waals surface area contributed by atoms with Gasteiger partial charge in [-0.1, -0.05) is 30.4 Å². The number of carbonyl (C=O) groups is 1. The number of nitrogen functional groups attached to an aromatic ring is 1. The Morgan fingerprint density at radius 3 is 1.97 bits per heavy atom. The van der Waals surface area contributed by atoms with Gasteiger partial charge < -0.3 is 34.7 Å². The summed E-state index contributed by atoms with van der Waals surface area (Å²) < 4.78 is 27.0. The summed E-state index contributed by atoms with van der Waals surface area (Å²) >= 11 is 0. The molecule has 3 N–H and O–H groups in total. The first-order valence-electron chi connectivity index (χ1n) is 11.0. The third-order valence-electron chi connectivity index (χ3n) is 5.35. The molecule has 8 heteroatoms. The van der Waals surface area contributed by atoms with Crippen LogP contribution < -0.4 is 34.7 Å². The second-order valence-corrected chi connectivity index (χ2v) is 7.54. The Kier molecular flexibility index (Phi) is 8.83. The summed E-state index contributed by atoms with van der Waals surface area (Å²) in [5.41, 5.74) is 9.26. The molecule has 3 aromatic carbocycles. The maximum atomic E-state index is 12.8. The molecule has 3 aromatic rings. The van der Waals surface area contributed by atoms with Crippen molar-refractivity contribution in [2.75, 3.05) is 46.6 Å². The van der Waals surface area contributed by atoms with Crippen molar-refractivity contribution in [2.45, 2.75) is 0 Å². The molecule has 0 saturated carbocycles. The van der Waals surface area contributed by atoms with Crippen LogP contribution in [-0.2, 0) is 4.79 Å². The predicted molar refractivity (Wildman–Crippen MR) is 143 cm³/mol. The van der Waals surface area contributed by atoms with E-state index in [0.717, 1.165) is 16.7 Å². The van der Waals surface area contributed by atoms with E-state index in [1.807, 2.05) is 36.4 Å². The minimum Gasteiger partial charge on any atom is -0.495 e. The van der Waals surface area contributed by atoms with E-state index < -0.39 is 0 Å². The van der Waals surface area contributed by atoms with Crippen molar-refractivity contribution in [1.82, 2.24) is 0 Å². The molecule has 0 unspecified atom stereocenters. The second kappa shape index (κ2) is 12.2. The maximum absolute atomic E-state index is 12.8. The van der Waals surface area contributed by atoms with Crippen LogP contribution in [0.3, 0.4) is 0 Å². The summed E-state index contributed by atoms with van der Waals surface area (Å²) in [4.78, 5) is 12.8. The Hall–Kier alpha value is -4.59. The zero-order chi connectivity index (χ0) is 26.1. The number of hydrogen-bond donors (Lipinski definition) is 2. The second-order valence-electron chi connectivity index (χ2n) is 7.54. The largest absolute Gasteiger partial charge is 0.495 e. The van der Waals surface area contributed by atoms with Gasteiger partial charge in [-0.05, 0) is 47.5 Å². The molecular formula is C28H30N2O6. The van der Waals surface area contributed by atoms with Crippen molar-refractivity contribution >= 4 is 35.5 Å².